The molecule has 0 radical (unpaired) electrons. The number of rotatable bonds is 3. The molecule has 7 heteroatoms. The van der Waals surface area contributed by atoms with Crippen molar-refractivity contribution in [3.63, 3.8) is 0 Å². The quantitative estimate of drug-likeness (QED) is 0.685. The van der Waals surface area contributed by atoms with Gasteiger partial charge in [-0.05, 0) is 36.4 Å². The normalized spacial score (nSPS) is 14.2. The number of halogens is 1. The predicted octanol–water partition coefficient (Wildman–Crippen LogP) is 3.12. The summed E-state index contributed by atoms with van der Waals surface area (Å²) in [5.41, 5.74) is 2.01. The van der Waals surface area contributed by atoms with Gasteiger partial charge in [0.15, 0.2) is 0 Å². The molecule has 1 aromatic heterocycles. The summed E-state index contributed by atoms with van der Waals surface area (Å²) in [5.74, 6) is -0.127. The van der Waals surface area contributed by atoms with Crippen molar-refractivity contribution in [2.24, 2.45) is 0 Å². The van der Waals surface area contributed by atoms with Crippen LogP contribution in [0.5, 0.6) is 0 Å². The number of piperazine rings is 1. The maximum atomic E-state index is 13.0. The minimum atomic E-state index is -0.0834. The second-order valence-corrected chi connectivity index (χ2v) is 7.01. The average Bonchev–Trinajstić information content (AvgIpc) is 3.24. The number of para-hydroxylation sites is 1. The number of amides is 2. The lowest BCUT2D eigenvalue weighted by Gasteiger charge is -2.34. The second kappa shape index (κ2) is 7.86. The zero-order chi connectivity index (χ0) is 19.5. The van der Waals surface area contributed by atoms with E-state index in [4.69, 9.17) is 11.6 Å². The first-order valence-electron chi connectivity index (χ1n) is 9.05. The van der Waals surface area contributed by atoms with E-state index in [1.54, 1.807) is 51.2 Å². The van der Waals surface area contributed by atoms with E-state index < -0.39 is 0 Å². The van der Waals surface area contributed by atoms with Gasteiger partial charge in [0.2, 0.25) is 0 Å². The molecule has 1 aliphatic heterocycles. The van der Waals surface area contributed by atoms with Crippen molar-refractivity contribution in [2.45, 2.75) is 0 Å². The largest absolute Gasteiger partial charge is 0.335 e. The first-order valence-corrected chi connectivity index (χ1v) is 9.43. The molecule has 0 atom stereocenters. The Morgan fingerprint density at radius 3 is 2.07 bits per heavy atom. The van der Waals surface area contributed by atoms with Crippen LogP contribution in [0.3, 0.4) is 0 Å². The second-order valence-electron chi connectivity index (χ2n) is 6.58. The summed E-state index contributed by atoms with van der Waals surface area (Å²) in [6.07, 6.45) is 3.23. The van der Waals surface area contributed by atoms with E-state index in [9.17, 15) is 9.59 Å². The summed E-state index contributed by atoms with van der Waals surface area (Å²) in [6, 6.07) is 16.5. The van der Waals surface area contributed by atoms with E-state index in [-0.39, 0.29) is 11.8 Å². The molecule has 0 N–H and O–H groups in total. The van der Waals surface area contributed by atoms with Gasteiger partial charge < -0.3 is 9.80 Å². The lowest BCUT2D eigenvalue weighted by molar-refractivity contribution is 0.0531. The number of imidazole rings is 1. The van der Waals surface area contributed by atoms with Gasteiger partial charge in [0.05, 0.1) is 12.5 Å². The number of carbonyl (C=O) groups is 2. The molecule has 2 heterocycles. The molecule has 0 saturated carbocycles. The van der Waals surface area contributed by atoms with Gasteiger partial charge in [-0.1, -0.05) is 29.8 Å². The van der Waals surface area contributed by atoms with Crippen molar-refractivity contribution in [1.29, 1.82) is 0 Å². The summed E-state index contributed by atoms with van der Waals surface area (Å²) in [5, 5.41) is 0.599. The molecular weight excluding hydrogens is 376 g/mol. The predicted molar refractivity (Wildman–Crippen MR) is 107 cm³/mol. The first kappa shape index (κ1) is 18.3. The van der Waals surface area contributed by atoms with Gasteiger partial charge in [0, 0.05) is 42.5 Å². The molecule has 2 aromatic carbocycles. The molecule has 6 nitrogen and oxygen atoms in total. The monoisotopic (exact) mass is 394 g/mol. The molecule has 2 amide bonds. The van der Waals surface area contributed by atoms with Crippen LogP contribution in [-0.4, -0.2) is 57.3 Å². The summed E-state index contributed by atoms with van der Waals surface area (Å²) in [4.78, 5) is 33.3. The smallest absolute Gasteiger partial charge is 0.272 e. The van der Waals surface area contributed by atoms with E-state index in [0.29, 0.717) is 42.5 Å². The fourth-order valence-corrected chi connectivity index (χ4v) is 3.42. The van der Waals surface area contributed by atoms with Crippen molar-refractivity contribution in [3.05, 3.63) is 83.4 Å². The van der Waals surface area contributed by atoms with E-state index >= 15 is 0 Å². The van der Waals surface area contributed by atoms with Crippen molar-refractivity contribution in [1.82, 2.24) is 19.4 Å². The highest BCUT2D eigenvalue weighted by Gasteiger charge is 2.27. The highest BCUT2D eigenvalue weighted by Crippen LogP contribution is 2.16. The fourth-order valence-electron chi connectivity index (χ4n) is 3.30. The van der Waals surface area contributed by atoms with Gasteiger partial charge in [-0.3, -0.25) is 14.2 Å². The van der Waals surface area contributed by atoms with Crippen LogP contribution in [0.1, 0.15) is 20.8 Å². The van der Waals surface area contributed by atoms with Gasteiger partial charge in [0.25, 0.3) is 11.8 Å². The Bertz CT molecular complexity index is 977. The number of hydrogen-bond acceptors (Lipinski definition) is 3. The van der Waals surface area contributed by atoms with Gasteiger partial charge in [-0.25, -0.2) is 4.98 Å². The minimum absolute atomic E-state index is 0.0434. The number of benzene rings is 2. The molecule has 4 rings (SSSR count). The van der Waals surface area contributed by atoms with Gasteiger partial charge in [0.1, 0.15) is 5.69 Å². The third-order valence-electron chi connectivity index (χ3n) is 4.84. The molecular formula is C21H19ClN4O2. The maximum Gasteiger partial charge on any atom is 0.272 e. The molecule has 142 valence electrons. The van der Waals surface area contributed by atoms with Crippen molar-refractivity contribution in [2.75, 3.05) is 26.2 Å². The molecule has 1 fully saturated rings. The lowest BCUT2D eigenvalue weighted by atomic mass is 10.2. The SMILES string of the molecule is O=C(c1ccc(Cl)cc1)N1CCN(C(=O)c2cncn2-c2ccccc2)CC1. The number of hydrogen-bond donors (Lipinski definition) is 0. The summed E-state index contributed by atoms with van der Waals surface area (Å²) in [6.45, 7) is 1.95. The number of nitrogens with zero attached hydrogens (tertiary/aromatic N) is 4. The molecule has 3 aromatic rings. The summed E-state index contributed by atoms with van der Waals surface area (Å²) >= 11 is 5.89. The van der Waals surface area contributed by atoms with Crippen LogP contribution in [0.25, 0.3) is 5.69 Å². The molecule has 1 saturated heterocycles. The molecule has 0 bridgehead atoms. The van der Waals surface area contributed by atoms with Gasteiger partial charge in [-0.15, -0.1) is 0 Å². The van der Waals surface area contributed by atoms with Crippen LogP contribution in [0, 0.1) is 0 Å². The number of carbonyl (C=O) groups excluding carboxylic acids is 2. The average molecular weight is 395 g/mol. The Labute approximate surface area is 168 Å². The highest BCUT2D eigenvalue weighted by atomic mass is 35.5. The van der Waals surface area contributed by atoms with Crippen LogP contribution in [0.2, 0.25) is 5.02 Å². The Morgan fingerprint density at radius 2 is 1.43 bits per heavy atom. The van der Waals surface area contributed by atoms with Crippen LogP contribution < -0.4 is 0 Å². The van der Waals surface area contributed by atoms with E-state index in [0.717, 1.165) is 5.69 Å². The van der Waals surface area contributed by atoms with E-state index in [1.165, 1.54) is 0 Å². The third-order valence-corrected chi connectivity index (χ3v) is 5.09. The zero-order valence-corrected chi connectivity index (χ0v) is 15.9. The number of aromatic nitrogens is 2. The Balaban J connectivity index is 1.43. The Kier molecular flexibility index (Phi) is 5.12. The van der Waals surface area contributed by atoms with Crippen molar-refractivity contribution in [3.8, 4) is 5.69 Å². The molecule has 1 aliphatic rings. The molecule has 28 heavy (non-hydrogen) atoms. The van der Waals surface area contributed by atoms with E-state index in [2.05, 4.69) is 4.98 Å². The van der Waals surface area contributed by atoms with E-state index in [1.807, 2.05) is 30.3 Å². The third kappa shape index (κ3) is 3.64. The van der Waals surface area contributed by atoms with Crippen molar-refractivity contribution >= 4 is 23.4 Å². The van der Waals surface area contributed by atoms with Crippen LogP contribution in [0.4, 0.5) is 0 Å². The van der Waals surface area contributed by atoms with Gasteiger partial charge in [-0.2, -0.15) is 0 Å². The van der Waals surface area contributed by atoms with Crippen LogP contribution >= 0.6 is 11.6 Å². The molecule has 0 unspecified atom stereocenters. The van der Waals surface area contributed by atoms with Crippen molar-refractivity contribution < 1.29 is 9.59 Å². The molecule has 0 aliphatic carbocycles. The van der Waals surface area contributed by atoms with Crippen LogP contribution in [-0.2, 0) is 0 Å². The Hall–Kier alpha value is -3.12. The minimum Gasteiger partial charge on any atom is -0.335 e. The maximum absolute atomic E-state index is 13.0. The Morgan fingerprint density at radius 1 is 0.821 bits per heavy atom. The summed E-state index contributed by atoms with van der Waals surface area (Å²) in [7, 11) is 0. The van der Waals surface area contributed by atoms with Gasteiger partial charge >= 0.3 is 0 Å². The zero-order valence-electron chi connectivity index (χ0n) is 15.2. The molecule has 0 spiro atoms. The summed E-state index contributed by atoms with van der Waals surface area (Å²) < 4.78 is 1.79. The first-order chi connectivity index (χ1) is 13.6. The standard InChI is InChI=1S/C21H19ClN4O2/c22-17-8-6-16(7-9-17)20(27)24-10-12-25(13-11-24)21(28)19-14-23-15-26(19)18-4-2-1-3-5-18/h1-9,14-15H,10-13H2. The van der Waals surface area contributed by atoms with Crippen LogP contribution in [0.15, 0.2) is 67.1 Å². The fraction of sp³-hybridized carbons (Fsp3) is 0.190. The highest BCUT2D eigenvalue weighted by molar-refractivity contribution is 6.30. The topological polar surface area (TPSA) is 58.4 Å². The lowest BCUT2D eigenvalue weighted by Crippen LogP contribution is -2.50.